The topological polar surface area (TPSA) is 88.4 Å². The second-order valence-electron chi connectivity index (χ2n) is 8.01. The zero-order chi connectivity index (χ0) is 25.0. The standard InChI is InChI=1S/C24H26ClN5O3S2/c1-3-4-14-28(2)35(32,33)19-11-9-18(10-12-19)23(31)30(17-16-29-15-6-13-26-29)24-27-22-20(25)7-5-8-21(22)34-24/h5-13,15H,3-4,14,16-17H2,1-2H3. The molecule has 0 saturated heterocycles. The first-order chi connectivity index (χ1) is 16.8. The number of fused-ring (bicyclic) bond motifs is 1. The summed E-state index contributed by atoms with van der Waals surface area (Å²) < 4.78 is 29.6. The molecule has 0 radical (unpaired) electrons. The van der Waals surface area contributed by atoms with Crippen molar-refractivity contribution in [1.29, 1.82) is 0 Å². The molecule has 0 aliphatic rings. The summed E-state index contributed by atoms with van der Waals surface area (Å²) in [6.07, 6.45) is 5.19. The van der Waals surface area contributed by atoms with Gasteiger partial charge in [0.1, 0.15) is 5.52 Å². The van der Waals surface area contributed by atoms with Crippen LogP contribution in [0.15, 0.2) is 65.8 Å². The lowest BCUT2D eigenvalue weighted by atomic mass is 10.2. The zero-order valence-corrected chi connectivity index (χ0v) is 21.9. The number of benzene rings is 2. The zero-order valence-electron chi connectivity index (χ0n) is 19.5. The number of hydrogen-bond donors (Lipinski definition) is 0. The van der Waals surface area contributed by atoms with Crippen LogP contribution in [0.25, 0.3) is 10.2 Å². The SMILES string of the molecule is CCCCN(C)S(=O)(=O)c1ccc(C(=O)N(CCn2cccn2)c2nc3c(Cl)cccc3s2)cc1. The molecule has 35 heavy (non-hydrogen) atoms. The first-order valence-corrected chi connectivity index (χ1v) is 13.9. The Hall–Kier alpha value is -2.79. The van der Waals surface area contributed by atoms with E-state index in [0.29, 0.717) is 40.9 Å². The Morgan fingerprint density at radius 2 is 1.89 bits per heavy atom. The molecule has 2 aromatic heterocycles. The summed E-state index contributed by atoms with van der Waals surface area (Å²) in [7, 11) is -2.05. The number of anilines is 1. The lowest BCUT2D eigenvalue weighted by molar-refractivity contribution is 0.0985. The highest BCUT2D eigenvalue weighted by Crippen LogP contribution is 2.33. The monoisotopic (exact) mass is 531 g/mol. The molecule has 0 saturated carbocycles. The third-order valence-corrected chi connectivity index (χ3v) is 8.80. The average Bonchev–Trinajstić information content (AvgIpc) is 3.53. The van der Waals surface area contributed by atoms with Crippen LogP contribution >= 0.6 is 22.9 Å². The number of unbranched alkanes of at least 4 members (excludes halogenated alkanes) is 1. The van der Waals surface area contributed by atoms with Gasteiger partial charge < -0.3 is 0 Å². The van der Waals surface area contributed by atoms with E-state index in [1.165, 1.54) is 27.8 Å². The minimum atomic E-state index is -3.62. The Morgan fingerprint density at radius 1 is 1.11 bits per heavy atom. The van der Waals surface area contributed by atoms with Crippen molar-refractivity contribution in [3.05, 3.63) is 71.5 Å². The quantitative estimate of drug-likeness (QED) is 0.290. The van der Waals surface area contributed by atoms with Gasteiger partial charge >= 0.3 is 0 Å². The lowest BCUT2D eigenvalue weighted by Crippen LogP contribution is -2.34. The number of para-hydroxylation sites is 1. The van der Waals surface area contributed by atoms with Crippen LogP contribution in [-0.4, -0.2) is 53.5 Å². The van der Waals surface area contributed by atoms with Crippen LogP contribution in [0.1, 0.15) is 30.1 Å². The fourth-order valence-electron chi connectivity index (χ4n) is 3.54. The van der Waals surface area contributed by atoms with Crippen LogP contribution in [0.3, 0.4) is 0 Å². The van der Waals surface area contributed by atoms with Crippen molar-refractivity contribution in [2.24, 2.45) is 0 Å². The van der Waals surface area contributed by atoms with Gasteiger partial charge in [-0.05, 0) is 48.9 Å². The van der Waals surface area contributed by atoms with Gasteiger partial charge in [0.15, 0.2) is 5.13 Å². The van der Waals surface area contributed by atoms with E-state index >= 15 is 0 Å². The number of thiazole rings is 1. The smallest absolute Gasteiger partial charge is 0.260 e. The normalized spacial score (nSPS) is 11.9. The summed E-state index contributed by atoms with van der Waals surface area (Å²) in [4.78, 5) is 19.9. The first-order valence-electron chi connectivity index (χ1n) is 11.2. The molecule has 11 heteroatoms. The van der Waals surface area contributed by atoms with Gasteiger partial charge in [0.05, 0.1) is 21.2 Å². The number of carbonyl (C=O) groups is 1. The number of carbonyl (C=O) groups excluding carboxylic acids is 1. The average molecular weight is 532 g/mol. The molecule has 2 heterocycles. The molecule has 0 spiro atoms. The van der Waals surface area contributed by atoms with Crippen LogP contribution in [0.5, 0.6) is 0 Å². The predicted molar refractivity (Wildman–Crippen MR) is 140 cm³/mol. The summed E-state index contributed by atoms with van der Waals surface area (Å²) in [5, 5.41) is 5.25. The minimum absolute atomic E-state index is 0.155. The van der Waals surface area contributed by atoms with Gasteiger partial charge in [-0.1, -0.05) is 42.3 Å². The molecule has 0 N–H and O–H groups in total. The Morgan fingerprint density at radius 3 is 2.54 bits per heavy atom. The highest BCUT2D eigenvalue weighted by Gasteiger charge is 2.24. The molecule has 8 nitrogen and oxygen atoms in total. The largest absolute Gasteiger partial charge is 0.282 e. The molecule has 0 fully saturated rings. The molecular formula is C24H26ClN5O3S2. The van der Waals surface area contributed by atoms with Gasteiger partial charge in [0.2, 0.25) is 10.0 Å². The van der Waals surface area contributed by atoms with Crippen LogP contribution in [-0.2, 0) is 16.6 Å². The predicted octanol–water partition coefficient (Wildman–Crippen LogP) is 4.91. The summed E-state index contributed by atoms with van der Waals surface area (Å²) in [5.41, 5.74) is 1.01. The number of sulfonamides is 1. The Labute approximate surface area is 213 Å². The van der Waals surface area contributed by atoms with Gasteiger partial charge in [-0.25, -0.2) is 17.7 Å². The Kier molecular flexibility index (Phi) is 7.85. The summed E-state index contributed by atoms with van der Waals surface area (Å²) in [6, 6.07) is 13.4. The first kappa shape index (κ1) is 25.3. The number of aromatic nitrogens is 3. The highest BCUT2D eigenvalue weighted by atomic mass is 35.5. The van der Waals surface area contributed by atoms with Crippen molar-refractivity contribution in [2.75, 3.05) is 25.0 Å². The maximum absolute atomic E-state index is 13.6. The minimum Gasteiger partial charge on any atom is -0.282 e. The molecule has 4 rings (SSSR count). The van der Waals surface area contributed by atoms with Gasteiger partial charge in [-0.3, -0.25) is 14.4 Å². The van der Waals surface area contributed by atoms with Crippen LogP contribution in [0, 0.1) is 0 Å². The fourth-order valence-corrected chi connectivity index (χ4v) is 6.04. The van der Waals surface area contributed by atoms with Crippen molar-refractivity contribution >= 4 is 54.2 Å². The molecule has 0 aliphatic carbocycles. The third kappa shape index (κ3) is 5.56. The van der Waals surface area contributed by atoms with Gasteiger partial charge in [0.25, 0.3) is 5.91 Å². The molecule has 0 aliphatic heterocycles. The number of amides is 1. The van der Waals surface area contributed by atoms with Crippen molar-refractivity contribution in [3.63, 3.8) is 0 Å². The molecule has 0 bridgehead atoms. The molecule has 0 unspecified atom stereocenters. The van der Waals surface area contributed by atoms with Gasteiger partial charge in [0, 0.05) is 38.1 Å². The van der Waals surface area contributed by atoms with E-state index in [9.17, 15) is 13.2 Å². The van der Waals surface area contributed by atoms with Crippen molar-refractivity contribution < 1.29 is 13.2 Å². The van der Waals surface area contributed by atoms with E-state index in [-0.39, 0.29) is 10.8 Å². The van der Waals surface area contributed by atoms with Crippen molar-refractivity contribution in [3.8, 4) is 0 Å². The summed E-state index contributed by atoms with van der Waals surface area (Å²) in [6.45, 7) is 3.26. The van der Waals surface area contributed by atoms with Crippen molar-refractivity contribution in [2.45, 2.75) is 31.2 Å². The van der Waals surface area contributed by atoms with E-state index in [0.717, 1.165) is 17.5 Å². The second-order valence-corrected chi connectivity index (χ2v) is 11.5. The van der Waals surface area contributed by atoms with Crippen LogP contribution < -0.4 is 4.90 Å². The van der Waals surface area contributed by atoms with Crippen molar-refractivity contribution in [1.82, 2.24) is 19.1 Å². The van der Waals surface area contributed by atoms with Gasteiger partial charge in [-0.2, -0.15) is 5.10 Å². The second kappa shape index (κ2) is 10.9. The summed E-state index contributed by atoms with van der Waals surface area (Å²) in [5.74, 6) is -0.282. The van der Waals surface area contributed by atoms with E-state index < -0.39 is 10.0 Å². The number of rotatable bonds is 10. The van der Waals surface area contributed by atoms with E-state index in [4.69, 9.17) is 11.6 Å². The lowest BCUT2D eigenvalue weighted by Gasteiger charge is -2.20. The fraction of sp³-hybridized carbons (Fsp3) is 0.292. The Bertz CT molecular complexity index is 1400. The Balaban J connectivity index is 1.62. The maximum atomic E-state index is 13.6. The van der Waals surface area contributed by atoms with E-state index in [1.54, 1.807) is 41.0 Å². The third-order valence-electron chi connectivity index (χ3n) is 5.58. The maximum Gasteiger partial charge on any atom is 0.260 e. The number of nitrogens with zero attached hydrogens (tertiary/aromatic N) is 5. The highest BCUT2D eigenvalue weighted by molar-refractivity contribution is 7.89. The van der Waals surface area contributed by atoms with E-state index in [2.05, 4.69) is 10.1 Å². The van der Waals surface area contributed by atoms with E-state index in [1.807, 2.05) is 31.3 Å². The molecule has 2 aromatic carbocycles. The van der Waals surface area contributed by atoms with Crippen LogP contribution in [0.2, 0.25) is 5.02 Å². The molecular weight excluding hydrogens is 506 g/mol. The molecule has 1 amide bonds. The molecule has 184 valence electrons. The summed E-state index contributed by atoms with van der Waals surface area (Å²) >= 11 is 7.69. The number of hydrogen-bond acceptors (Lipinski definition) is 6. The van der Waals surface area contributed by atoms with Gasteiger partial charge in [-0.15, -0.1) is 0 Å². The molecule has 0 atom stereocenters. The van der Waals surface area contributed by atoms with Crippen LogP contribution in [0.4, 0.5) is 5.13 Å². The molecule has 4 aromatic rings. The number of halogens is 1.